The zero-order valence-corrected chi connectivity index (χ0v) is 13.2. The number of hydrogen-bond donors (Lipinski definition) is 2. The first-order chi connectivity index (χ1) is 10.1. The zero-order chi connectivity index (χ0) is 15.2. The molecule has 1 unspecified atom stereocenters. The number of nitrogens with one attached hydrogen (secondary N) is 2. The summed E-state index contributed by atoms with van der Waals surface area (Å²) in [5.74, 6) is 0.403. The van der Waals surface area contributed by atoms with E-state index in [0.29, 0.717) is 22.5 Å². The van der Waals surface area contributed by atoms with Gasteiger partial charge in [0.25, 0.3) is 11.6 Å². The summed E-state index contributed by atoms with van der Waals surface area (Å²) < 4.78 is 0.438. The van der Waals surface area contributed by atoms with Crippen LogP contribution in [0.15, 0.2) is 22.7 Å². The van der Waals surface area contributed by atoms with Crippen LogP contribution in [0.1, 0.15) is 29.6 Å². The highest BCUT2D eigenvalue weighted by atomic mass is 79.9. The smallest absolute Gasteiger partial charge is 0.270 e. The monoisotopic (exact) mass is 355 g/mol. The minimum atomic E-state index is -0.484. The molecule has 6 nitrogen and oxygen atoms in total. The lowest BCUT2D eigenvalue weighted by molar-refractivity contribution is -0.384. The summed E-state index contributed by atoms with van der Waals surface area (Å²) in [6.07, 6.45) is 3.33. The summed E-state index contributed by atoms with van der Waals surface area (Å²) in [6.45, 7) is 2.71. The van der Waals surface area contributed by atoms with Gasteiger partial charge in [-0.2, -0.15) is 0 Å². The van der Waals surface area contributed by atoms with Crippen LogP contribution in [0.25, 0.3) is 0 Å². The fourth-order valence-corrected chi connectivity index (χ4v) is 3.00. The van der Waals surface area contributed by atoms with Gasteiger partial charge in [0, 0.05) is 23.2 Å². The lowest BCUT2D eigenvalue weighted by Gasteiger charge is -2.22. The number of halogens is 1. The first kappa shape index (κ1) is 15.9. The quantitative estimate of drug-likeness (QED) is 0.627. The van der Waals surface area contributed by atoms with E-state index in [0.717, 1.165) is 19.5 Å². The summed E-state index contributed by atoms with van der Waals surface area (Å²) in [4.78, 5) is 22.2. The molecule has 114 valence electrons. The Labute approximate surface area is 131 Å². The molecule has 21 heavy (non-hydrogen) atoms. The number of nitro benzene ring substituents is 1. The molecule has 1 heterocycles. The predicted molar refractivity (Wildman–Crippen MR) is 83.3 cm³/mol. The van der Waals surface area contributed by atoms with Crippen LogP contribution in [-0.4, -0.2) is 30.5 Å². The Morgan fingerprint density at radius 3 is 2.95 bits per heavy atom. The number of non-ortho nitro benzene ring substituents is 1. The van der Waals surface area contributed by atoms with Crippen molar-refractivity contribution < 1.29 is 9.72 Å². The third-order valence-electron chi connectivity index (χ3n) is 3.65. The highest BCUT2D eigenvalue weighted by molar-refractivity contribution is 9.10. The number of rotatable bonds is 5. The Bertz CT molecular complexity index is 530. The minimum Gasteiger partial charge on any atom is -0.352 e. The van der Waals surface area contributed by atoms with Crippen molar-refractivity contribution in [3.8, 4) is 0 Å². The molecule has 0 saturated carbocycles. The predicted octanol–water partition coefficient (Wildman–Crippen LogP) is 2.48. The normalized spacial score (nSPS) is 18.2. The molecule has 0 bridgehead atoms. The molecule has 0 spiro atoms. The molecule has 1 amide bonds. The number of nitrogens with zero attached hydrogens (tertiary/aromatic N) is 1. The summed E-state index contributed by atoms with van der Waals surface area (Å²) in [7, 11) is 0. The fourth-order valence-electron chi connectivity index (χ4n) is 2.46. The lowest BCUT2D eigenvalue weighted by atomic mass is 9.96. The van der Waals surface area contributed by atoms with Crippen molar-refractivity contribution in [1.82, 2.24) is 10.6 Å². The van der Waals surface area contributed by atoms with Gasteiger partial charge >= 0.3 is 0 Å². The molecule has 0 aromatic heterocycles. The van der Waals surface area contributed by atoms with Crippen LogP contribution >= 0.6 is 15.9 Å². The molecular weight excluding hydrogens is 338 g/mol. The van der Waals surface area contributed by atoms with Gasteiger partial charge in [0.05, 0.1) is 10.5 Å². The van der Waals surface area contributed by atoms with Crippen LogP contribution in [0.4, 0.5) is 5.69 Å². The number of amides is 1. The average molecular weight is 356 g/mol. The minimum absolute atomic E-state index is 0.0355. The molecule has 1 atom stereocenters. The summed E-state index contributed by atoms with van der Waals surface area (Å²) >= 11 is 3.21. The van der Waals surface area contributed by atoms with Crippen molar-refractivity contribution in [3.63, 3.8) is 0 Å². The van der Waals surface area contributed by atoms with Gasteiger partial charge in [-0.05, 0) is 60.3 Å². The van der Waals surface area contributed by atoms with E-state index >= 15 is 0 Å². The van der Waals surface area contributed by atoms with Crippen molar-refractivity contribution in [2.45, 2.75) is 19.3 Å². The third-order valence-corrected chi connectivity index (χ3v) is 4.30. The maximum Gasteiger partial charge on any atom is 0.270 e. The number of hydrogen-bond acceptors (Lipinski definition) is 4. The standard InChI is InChI=1S/C14H18BrN3O3/c15-13-8-11(18(20)21)3-4-12(13)14(19)17-7-5-10-2-1-6-16-9-10/h3-4,8,10,16H,1-2,5-7,9H2,(H,17,19). The maximum atomic E-state index is 12.1. The van der Waals surface area contributed by atoms with Crippen molar-refractivity contribution >= 4 is 27.5 Å². The highest BCUT2D eigenvalue weighted by Crippen LogP contribution is 2.23. The van der Waals surface area contributed by atoms with Crippen molar-refractivity contribution in [2.24, 2.45) is 5.92 Å². The first-order valence-electron chi connectivity index (χ1n) is 7.01. The van der Waals surface area contributed by atoms with Gasteiger partial charge in [-0.25, -0.2) is 0 Å². The average Bonchev–Trinajstić information content (AvgIpc) is 2.48. The van der Waals surface area contributed by atoms with E-state index in [1.54, 1.807) is 0 Å². The van der Waals surface area contributed by atoms with E-state index in [2.05, 4.69) is 26.6 Å². The molecule has 1 aliphatic heterocycles. The van der Waals surface area contributed by atoms with Gasteiger partial charge in [-0.3, -0.25) is 14.9 Å². The van der Waals surface area contributed by atoms with Gasteiger partial charge in [0.15, 0.2) is 0 Å². The van der Waals surface area contributed by atoms with Crippen LogP contribution in [-0.2, 0) is 0 Å². The van der Waals surface area contributed by atoms with Gasteiger partial charge in [-0.15, -0.1) is 0 Å². The van der Waals surface area contributed by atoms with Gasteiger partial charge in [-0.1, -0.05) is 0 Å². The molecule has 1 aromatic carbocycles. The Kier molecular flexibility index (Phi) is 5.69. The van der Waals surface area contributed by atoms with E-state index in [1.165, 1.54) is 31.0 Å². The topological polar surface area (TPSA) is 84.3 Å². The molecule has 1 aromatic rings. The number of benzene rings is 1. The van der Waals surface area contributed by atoms with Crippen LogP contribution < -0.4 is 10.6 Å². The van der Waals surface area contributed by atoms with Crippen molar-refractivity contribution in [1.29, 1.82) is 0 Å². The van der Waals surface area contributed by atoms with Crippen LogP contribution in [0.2, 0.25) is 0 Å². The molecule has 0 radical (unpaired) electrons. The third kappa shape index (κ3) is 4.50. The van der Waals surface area contributed by atoms with Gasteiger partial charge < -0.3 is 10.6 Å². The van der Waals surface area contributed by atoms with Crippen LogP contribution in [0.3, 0.4) is 0 Å². The second kappa shape index (κ2) is 7.51. The Hall–Kier alpha value is -1.47. The number of carbonyl (C=O) groups is 1. The van der Waals surface area contributed by atoms with E-state index in [4.69, 9.17) is 0 Å². The summed E-state index contributed by atoms with van der Waals surface area (Å²) in [5, 5.41) is 16.9. The number of carbonyl (C=O) groups excluding carboxylic acids is 1. The zero-order valence-electron chi connectivity index (χ0n) is 11.6. The largest absolute Gasteiger partial charge is 0.352 e. The summed E-state index contributed by atoms with van der Waals surface area (Å²) in [5.41, 5.74) is 0.383. The molecule has 7 heteroatoms. The second-order valence-corrected chi connectivity index (χ2v) is 6.03. The van der Waals surface area contributed by atoms with E-state index in [-0.39, 0.29) is 11.6 Å². The maximum absolute atomic E-state index is 12.1. The summed E-state index contributed by atoms with van der Waals surface area (Å²) in [6, 6.07) is 4.16. The van der Waals surface area contributed by atoms with Gasteiger partial charge in [0.1, 0.15) is 0 Å². The van der Waals surface area contributed by atoms with E-state index in [9.17, 15) is 14.9 Å². The second-order valence-electron chi connectivity index (χ2n) is 5.18. The van der Waals surface area contributed by atoms with Gasteiger partial charge in [0.2, 0.25) is 0 Å². The molecule has 1 saturated heterocycles. The Morgan fingerprint density at radius 2 is 2.33 bits per heavy atom. The Balaban J connectivity index is 1.86. The number of nitro groups is 1. The lowest BCUT2D eigenvalue weighted by Crippen LogP contribution is -2.33. The fraction of sp³-hybridized carbons (Fsp3) is 0.500. The SMILES string of the molecule is O=C(NCCC1CCCNC1)c1ccc([N+](=O)[O-])cc1Br. The molecule has 1 aliphatic rings. The highest BCUT2D eigenvalue weighted by Gasteiger charge is 2.16. The van der Waals surface area contributed by atoms with Crippen LogP contribution in [0.5, 0.6) is 0 Å². The molecule has 2 rings (SSSR count). The molecule has 0 aliphatic carbocycles. The Morgan fingerprint density at radius 1 is 1.52 bits per heavy atom. The first-order valence-corrected chi connectivity index (χ1v) is 7.80. The molecule has 2 N–H and O–H groups in total. The number of piperidine rings is 1. The molecule has 1 fully saturated rings. The molecular formula is C14H18BrN3O3. The van der Waals surface area contributed by atoms with E-state index in [1.807, 2.05) is 0 Å². The van der Waals surface area contributed by atoms with Crippen LogP contribution in [0, 0.1) is 16.0 Å². The van der Waals surface area contributed by atoms with Crippen molar-refractivity contribution in [2.75, 3.05) is 19.6 Å². The van der Waals surface area contributed by atoms with Crippen molar-refractivity contribution in [3.05, 3.63) is 38.3 Å². The van der Waals surface area contributed by atoms with E-state index < -0.39 is 4.92 Å².